The summed E-state index contributed by atoms with van der Waals surface area (Å²) in [6.07, 6.45) is 6.53. The number of anilines is 1. The average Bonchev–Trinajstić information content (AvgIpc) is 2.77. The predicted octanol–water partition coefficient (Wildman–Crippen LogP) is 5.55. The van der Waals surface area contributed by atoms with Gasteiger partial charge in [-0.15, -0.1) is 0 Å². The van der Waals surface area contributed by atoms with E-state index in [2.05, 4.69) is 16.0 Å². The number of hydrogen-bond acceptors (Lipinski definition) is 5. The second-order valence-electron chi connectivity index (χ2n) is 8.72. The van der Waals surface area contributed by atoms with E-state index in [1.807, 2.05) is 26.8 Å². The summed E-state index contributed by atoms with van der Waals surface area (Å²) in [5.41, 5.74) is 3.17. The van der Waals surface area contributed by atoms with Gasteiger partial charge in [0.1, 0.15) is 29.6 Å². The van der Waals surface area contributed by atoms with Crippen molar-refractivity contribution < 1.29 is 18.7 Å². The minimum atomic E-state index is -0.566. The van der Waals surface area contributed by atoms with Gasteiger partial charge in [0.05, 0.1) is 0 Å². The van der Waals surface area contributed by atoms with Crippen molar-refractivity contribution in [3.63, 3.8) is 0 Å². The van der Waals surface area contributed by atoms with Crippen molar-refractivity contribution in [2.24, 2.45) is 0 Å². The van der Waals surface area contributed by atoms with Crippen molar-refractivity contribution in [1.29, 1.82) is 0 Å². The smallest absolute Gasteiger partial charge is 0.416 e. The van der Waals surface area contributed by atoms with Crippen LogP contribution in [-0.4, -0.2) is 28.2 Å². The SMILES string of the molecule is CC(C)(C)OC(=O)N1CCCc2cc(-c3cnccc3COc3ccc(F)cc3)cnc21. The van der Waals surface area contributed by atoms with Gasteiger partial charge in [0, 0.05) is 41.8 Å². The fourth-order valence-electron chi connectivity index (χ4n) is 3.61. The highest BCUT2D eigenvalue weighted by atomic mass is 19.1. The number of benzene rings is 1. The second kappa shape index (κ2) is 8.94. The lowest BCUT2D eigenvalue weighted by Crippen LogP contribution is -2.40. The molecule has 4 rings (SSSR count). The van der Waals surface area contributed by atoms with Crippen LogP contribution in [0.4, 0.5) is 15.0 Å². The fourth-order valence-corrected chi connectivity index (χ4v) is 3.61. The Hall–Kier alpha value is -3.48. The maximum atomic E-state index is 13.1. The molecule has 0 saturated heterocycles. The zero-order chi connectivity index (χ0) is 22.7. The largest absolute Gasteiger partial charge is 0.489 e. The number of rotatable bonds is 4. The average molecular weight is 435 g/mol. The van der Waals surface area contributed by atoms with E-state index in [-0.39, 0.29) is 11.9 Å². The molecule has 0 N–H and O–H groups in total. The van der Waals surface area contributed by atoms with Gasteiger partial charge in [-0.05, 0) is 75.6 Å². The first-order chi connectivity index (χ1) is 15.3. The minimum absolute atomic E-state index is 0.303. The van der Waals surface area contributed by atoms with Gasteiger partial charge < -0.3 is 9.47 Å². The number of carbonyl (C=O) groups is 1. The summed E-state index contributed by atoms with van der Waals surface area (Å²) >= 11 is 0. The van der Waals surface area contributed by atoms with Crippen LogP contribution in [0.25, 0.3) is 11.1 Å². The molecule has 1 aromatic carbocycles. The number of carbonyl (C=O) groups excluding carboxylic acids is 1. The number of aryl methyl sites for hydroxylation is 1. The first-order valence-electron chi connectivity index (χ1n) is 10.6. The van der Waals surface area contributed by atoms with Crippen LogP contribution in [0, 0.1) is 5.82 Å². The monoisotopic (exact) mass is 435 g/mol. The summed E-state index contributed by atoms with van der Waals surface area (Å²) in [5.74, 6) is 0.926. The van der Waals surface area contributed by atoms with Crippen LogP contribution in [0.2, 0.25) is 0 Å². The highest BCUT2D eigenvalue weighted by molar-refractivity contribution is 5.88. The Balaban J connectivity index is 1.57. The lowest BCUT2D eigenvalue weighted by Gasteiger charge is -2.31. The lowest BCUT2D eigenvalue weighted by atomic mass is 9.99. The maximum Gasteiger partial charge on any atom is 0.416 e. The molecule has 0 spiro atoms. The second-order valence-corrected chi connectivity index (χ2v) is 8.72. The van der Waals surface area contributed by atoms with E-state index in [1.165, 1.54) is 12.1 Å². The highest BCUT2D eigenvalue weighted by Gasteiger charge is 2.28. The zero-order valence-corrected chi connectivity index (χ0v) is 18.5. The van der Waals surface area contributed by atoms with E-state index in [0.29, 0.717) is 24.7 Å². The predicted molar refractivity (Wildman–Crippen MR) is 120 cm³/mol. The Morgan fingerprint density at radius 2 is 1.94 bits per heavy atom. The third-order valence-corrected chi connectivity index (χ3v) is 5.07. The Morgan fingerprint density at radius 3 is 2.69 bits per heavy atom. The summed E-state index contributed by atoms with van der Waals surface area (Å²) in [7, 11) is 0. The normalized spacial score (nSPS) is 13.4. The number of fused-ring (bicyclic) bond motifs is 1. The van der Waals surface area contributed by atoms with Gasteiger partial charge in [0.2, 0.25) is 0 Å². The van der Waals surface area contributed by atoms with Crippen LogP contribution in [-0.2, 0) is 17.8 Å². The van der Waals surface area contributed by atoms with Crippen LogP contribution >= 0.6 is 0 Å². The van der Waals surface area contributed by atoms with Crippen molar-refractivity contribution >= 4 is 11.9 Å². The standard InChI is InChI=1S/C25H26FN3O3/c1-25(2,3)32-24(30)29-12-4-5-17-13-19(14-28-23(17)29)22-15-27-11-10-18(22)16-31-21-8-6-20(26)7-9-21/h6-11,13-15H,4-5,12,16H2,1-3H3. The molecule has 1 amide bonds. The lowest BCUT2D eigenvalue weighted by molar-refractivity contribution is 0.0576. The van der Waals surface area contributed by atoms with Gasteiger partial charge in [-0.3, -0.25) is 9.88 Å². The summed E-state index contributed by atoms with van der Waals surface area (Å²) in [4.78, 5) is 23.1. The van der Waals surface area contributed by atoms with Crippen LogP contribution in [0.3, 0.4) is 0 Å². The Labute approximate surface area is 187 Å². The summed E-state index contributed by atoms with van der Waals surface area (Å²) in [5, 5.41) is 0. The van der Waals surface area contributed by atoms with Gasteiger partial charge in [-0.1, -0.05) is 0 Å². The van der Waals surface area contributed by atoms with Gasteiger partial charge >= 0.3 is 6.09 Å². The molecule has 3 aromatic rings. The van der Waals surface area contributed by atoms with E-state index in [0.717, 1.165) is 35.1 Å². The number of halogens is 1. The molecule has 1 aliphatic heterocycles. The van der Waals surface area contributed by atoms with Crippen LogP contribution in [0.5, 0.6) is 5.75 Å². The third-order valence-electron chi connectivity index (χ3n) is 5.07. The van der Waals surface area contributed by atoms with E-state index < -0.39 is 5.60 Å². The van der Waals surface area contributed by atoms with Crippen molar-refractivity contribution in [1.82, 2.24) is 9.97 Å². The zero-order valence-electron chi connectivity index (χ0n) is 18.5. The molecule has 0 saturated carbocycles. The third kappa shape index (κ3) is 5.04. The van der Waals surface area contributed by atoms with Crippen molar-refractivity contribution in [2.45, 2.75) is 45.8 Å². The molecule has 0 atom stereocenters. The van der Waals surface area contributed by atoms with Crippen LogP contribution < -0.4 is 9.64 Å². The molecule has 6 nitrogen and oxygen atoms in total. The fraction of sp³-hybridized carbons (Fsp3) is 0.320. The first-order valence-corrected chi connectivity index (χ1v) is 10.6. The topological polar surface area (TPSA) is 64.5 Å². The molecule has 0 aliphatic carbocycles. The van der Waals surface area contributed by atoms with Gasteiger partial charge in [0.25, 0.3) is 0 Å². The van der Waals surface area contributed by atoms with E-state index in [9.17, 15) is 9.18 Å². The minimum Gasteiger partial charge on any atom is -0.489 e. The molecular weight excluding hydrogens is 409 g/mol. The molecule has 3 heterocycles. The number of nitrogens with zero attached hydrogens (tertiary/aromatic N) is 3. The Morgan fingerprint density at radius 1 is 1.16 bits per heavy atom. The molecular formula is C25H26FN3O3. The highest BCUT2D eigenvalue weighted by Crippen LogP contribution is 2.32. The van der Waals surface area contributed by atoms with Crippen LogP contribution in [0.1, 0.15) is 38.3 Å². The van der Waals surface area contributed by atoms with Crippen molar-refractivity contribution in [3.8, 4) is 16.9 Å². The van der Waals surface area contributed by atoms with Crippen molar-refractivity contribution in [3.05, 3.63) is 71.9 Å². The summed E-state index contributed by atoms with van der Waals surface area (Å²) in [6, 6.07) is 9.88. The van der Waals surface area contributed by atoms with Crippen molar-refractivity contribution in [2.75, 3.05) is 11.4 Å². The van der Waals surface area contributed by atoms with E-state index in [1.54, 1.807) is 35.6 Å². The molecule has 166 valence electrons. The molecule has 0 unspecified atom stereocenters. The van der Waals surface area contributed by atoms with Gasteiger partial charge in [0.15, 0.2) is 0 Å². The summed E-state index contributed by atoms with van der Waals surface area (Å²) in [6.45, 7) is 6.45. The number of aromatic nitrogens is 2. The number of ether oxygens (including phenoxy) is 2. The molecule has 0 bridgehead atoms. The first kappa shape index (κ1) is 21.7. The van der Waals surface area contributed by atoms with E-state index >= 15 is 0 Å². The number of amides is 1. The molecule has 1 aliphatic rings. The summed E-state index contributed by atoms with van der Waals surface area (Å²) < 4.78 is 24.5. The Kier molecular flexibility index (Phi) is 6.08. The quantitative estimate of drug-likeness (QED) is 0.538. The number of pyridine rings is 2. The number of hydrogen-bond donors (Lipinski definition) is 0. The van der Waals surface area contributed by atoms with E-state index in [4.69, 9.17) is 9.47 Å². The molecule has 0 radical (unpaired) electrons. The van der Waals surface area contributed by atoms with Crippen LogP contribution in [0.15, 0.2) is 55.0 Å². The molecule has 0 fully saturated rings. The molecule has 2 aromatic heterocycles. The molecule has 7 heteroatoms. The van der Waals surface area contributed by atoms with Gasteiger partial charge in [-0.25, -0.2) is 14.2 Å². The Bertz CT molecular complexity index is 1110. The van der Waals surface area contributed by atoms with Gasteiger partial charge in [-0.2, -0.15) is 0 Å². The molecule has 32 heavy (non-hydrogen) atoms. The maximum absolute atomic E-state index is 13.1.